The zero-order valence-corrected chi connectivity index (χ0v) is 18.5. The Balaban J connectivity index is 2.56. The molecule has 9 heteroatoms. The van der Waals surface area contributed by atoms with E-state index >= 15 is 0 Å². The second-order valence-electron chi connectivity index (χ2n) is 7.60. The molecule has 0 N–H and O–H groups in total. The molecule has 1 atom stereocenters. The van der Waals surface area contributed by atoms with Crippen molar-refractivity contribution in [2.75, 3.05) is 6.16 Å². The number of halogens is 6. The Hall–Kier alpha value is -2.08. The van der Waals surface area contributed by atoms with Gasteiger partial charge in [0.1, 0.15) is 0 Å². The third-order valence-electron chi connectivity index (χ3n) is 5.22. The van der Waals surface area contributed by atoms with Crippen molar-refractivity contribution in [2.24, 2.45) is 0 Å². The van der Waals surface area contributed by atoms with Gasteiger partial charge in [-0.2, -0.15) is 26.3 Å². The molecule has 0 saturated carbocycles. The first-order valence-electron chi connectivity index (χ1n) is 10.4. The maximum absolute atomic E-state index is 13.9. The number of rotatable bonds is 10. The Morgan fingerprint density at radius 2 is 1.25 bits per heavy atom. The van der Waals surface area contributed by atoms with E-state index in [-0.39, 0.29) is 17.9 Å². The molecule has 32 heavy (non-hydrogen) atoms. The molecule has 0 bridgehead atoms. The van der Waals surface area contributed by atoms with Crippen LogP contribution in [0, 0.1) is 0 Å². The van der Waals surface area contributed by atoms with Gasteiger partial charge >= 0.3 is 12.4 Å². The molecule has 0 amide bonds. The Morgan fingerprint density at radius 3 is 1.75 bits per heavy atom. The monoisotopic (exact) mass is 478 g/mol. The predicted octanol–water partition coefficient (Wildman–Crippen LogP) is 7.91. The summed E-state index contributed by atoms with van der Waals surface area (Å²) in [6.07, 6.45) is -6.20. The molecule has 2 aromatic rings. The first-order chi connectivity index (χ1) is 14.9. The Labute approximate surface area is 183 Å². The van der Waals surface area contributed by atoms with Crippen LogP contribution in [0.5, 0.6) is 0 Å². The van der Waals surface area contributed by atoms with E-state index < -0.39 is 41.7 Å². The summed E-state index contributed by atoms with van der Waals surface area (Å²) in [6.45, 7) is 2.03. The summed E-state index contributed by atoms with van der Waals surface area (Å²) in [4.78, 5) is 13.3. The van der Waals surface area contributed by atoms with Gasteiger partial charge < -0.3 is 4.57 Å². The molecule has 0 fully saturated rings. The van der Waals surface area contributed by atoms with Crippen LogP contribution in [0.1, 0.15) is 66.9 Å². The summed E-state index contributed by atoms with van der Waals surface area (Å²) in [6, 6.07) is 8.55. The number of benzene rings is 2. The van der Waals surface area contributed by atoms with E-state index in [0.717, 1.165) is 25.7 Å². The highest BCUT2D eigenvalue weighted by Crippen LogP contribution is 2.52. The molecule has 2 nitrogen and oxygen atoms in total. The van der Waals surface area contributed by atoms with E-state index in [0.29, 0.717) is 24.6 Å². The van der Waals surface area contributed by atoms with Crippen LogP contribution in [0.4, 0.5) is 26.3 Å². The molecular weight excluding hydrogens is 453 g/mol. The zero-order chi connectivity index (χ0) is 24.0. The normalized spacial score (nSPS) is 14.2. The maximum atomic E-state index is 13.9. The van der Waals surface area contributed by atoms with Crippen LogP contribution in [0.15, 0.2) is 48.5 Å². The fraction of sp³-hybridized carbons (Fsp3) is 0.435. The minimum atomic E-state index is -5.21. The average Bonchev–Trinajstić information content (AvgIpc) is 2.74. The van der Waals surface area contributed by atoms with Gasteiger partial charge in [0, 0.05) is 11.5 Å². The van der Waals surface area contributed by atoms with Crippen molar-refractivity contribution in [3.05, 3.63) is 65.2 Å². The van der Waals surface area contributed by atoms with Crippen molar-refractivity contribution < 1.29 is 35.7 Å². The lowest BCUT2D eigenvalue weighted by molar-refractivity contribution is -0.143. The van der Waals surface area contributed by atoms with Crippen LogP contribution in [0.25, 0.3) is 0 Å². The minimum Gasteiger partial charge on any atom is -0.310 e. The lowest BCUT2D eigenvalue weighted by Crippen LogP contribution is -2.24. The van der Waals surface area contributed by atoms with Gasteiger partial charge in [0.05, 0.1) is 16.7 Å². The van der Waals surface area contributed by atoms with Crippen LogP contribution in [0.2, 0.25) is 0 Å². The van der Waals surface area contributed by atoms with Gasteiger partial charge in [-0.15, -0.1) is 0 Å². The number of hydrogen-bond acceptors (Lipinski definition) is 2. The largest absolute Gasteiger partial charge is 0.417 e. The van der Waals surface area contributed by atoms with E-state index in [2.05, 4.69) is 0 Å². The van der Waals surface area contributed by atoms with E-state index in [1.807, 2.05) is 6.92 Å². The third kappa shape index (κ3) is 6.25. The molecule has 0 aromatic heterocycles. The van der Waals surface area contributed by atoms with Crippen LogP contribution < -0.4 is 5.30 Å². The van der Waals surface area contributed by atoms with Crippen molar-refractivity contribution in [1.82, 2.24) is 0 Å². The first kappa shape index (κ1) is 26.2. The van der Waals surface area contributed by atoms with Crippen molar-refractivity contribution in [2.45, 2.75) is 57.8 Å². The number of carbonyl (C=O) groups is 1. The van der Waals surface area contributed by atoms with Crippen molar-refractivity contribution in [1.29, 1.82) is 0 Å². The van der Waals surface area contributed by atoms with Gasteiger partial charge in [-0.25, -0.2) is 0 Å². The fourth-order valence-corrected chi connectivity index (χ4v) is 6.19. The molecule has 2 rings (SSSR count). The second kappa shape index (κ2) is 10.7. The standard InChI is InChI=1S/C23H25F6O2P/c1-2-3-4-5-6-10-16-32(31,17-12-8-7-9-13-17)21(30)20-18(22(24,25)26)14-11-15-19(20)23(27,28)29/h7-9,11-15H,2-6,10,16H2,1H3. The minimum absolute atomic E-state index is 0.0383. The Morgan fingerprint density at radius 1 is 0.750 bits per heavy atom. The van der Waals surface area contributed by atoms with Crippen LogP contribution in [0.3, 0.4) is 0 Å². The summed E-state index contributed by atoms with van der Waals surface area (Å²) < 4.78 is 95.4. The smallest absolute Gasteiger partial charge is 0.310 e. The first-order valence-corrected chi connectivity index (χ1v) is 12.3. The highest BCUT2D eigenvalue weighted by molar-refractivity contribution is 7.87. The van der Waals surface area contributed by atoms with Crippen molar-refractivity contribution in [3.8, 4) is 0 Å². The van der Waals surface area contributed by atoms with E-state index in [9.17, 15) is 35.7 Å². The second-order valence-corrected chi connectivity index (χ2v) is 10.4. The summed E-state index contributed by atoms with van der Waals surface area (Å²) in [5, 5.41) is -0.0383. The number of hydrogen-bond donors (Lipinski definition) is 0. The molecule has 2 aromatic carbocycles. The molecule has 0 radical (unpaired) electrons. The van der Waals surface area contributed by atoms with Gasteiger partial charge in [-0.05, 0) is 18.6 Å². The molecule has 1 unspecified atom stereocenters. The van der Waals surface area contributed by atoms with Gasteiger partial charge in [-0.1, -0.05) is 75.4 Å². The molecule has 0 aliphatic carbocycles. The quantitative estimate of drug-likeness (QED) is 0.198. The lowest BCUT2D eigenvalue weighted by atomic mass is 10.0. The summed E-state index contributed by atoms with van der Waals surface area (Å²) in [5.41, 5.74) is -6.61. The highest BCUT2D eigenvalue weighted by Gasteiger charge is 2.47. The Bertz CT molecular complexity index is 919. The number of alkyl halides is 6. The highest BCUT2D eigenvalue weighted by atomic mass is 31.2. The third-order valence-corrected chi connectivity index (χ3v) is 8.18. The SMILES string of the molecule is CCCCCCCCP(=O)(C(=O)c1c(C(F)(F)F)cccc1C(F)(F)F)c1ccccc1. The zero-order valence-electron chi connectivity index (χ0n) is 17.6. The molecule has 0 aliphatic rings. The van der Waals surface area contributed by atoms with Gasteiger partial charge in [0.2, 0.25) is 5.52 Å². The fourth-order valence-electron chi connectivity index (χ4n) is 3.57. The Kier molecular flexibility index (Phi) is 8.74. The van der Waals surface area contributed by atoms with Crippen molar-refractivity contribution in [3.63, 3.8) is 0 Å². The number of carbonyl (C=O) groups excluding carboxylic acids is 1. The van der Waals surface area contributed by atoms with Crippen molar-refractivity contribution >= 4 is 18.0 Å². The lowest BCUT2D eigenvalue weighted by Gasteiger charge is -2.23. The van der Waals surface area contributed by atoms with E-state index in [4.69, 9.17) is 0 Å². The van der Waals surface area contributed by atoms with Gasteiger partial charge in [-0.3, -0.25) is 4.79 Å². The predicted molar refractivity (Wildman–Crippen MR) is 113 cm³/mol. The molecule has 0 heterocycles. The molecule has 0 spiro atoms. The molecular formula is C23H25F6O2P. The van der Waals surface area contributed by atoms with Crippen LogP contribution >= 0.6 is 7.14 Å². The van der Waals surface area contributed by atoms with E-state index in [1.165, 1.54) is 24.3 Å². The molecule has 0 saturated heterocycles. The van der Waals surface area contributed by atoms with Gasteiger partial charge in [0.15, 0.2) is 7.14 Å². The molecule has 176 valence electrons. The van der Waals surface area contributed by atoms with Gasteiger partial charge in [0.25, 0.3) is 0 Å². The van der Waals surface area contributed by atoms with Crippen LogP contribution in [-0.4, -0.2) is 11.7 Å². The maximum Gasteiger partial charge on any atom is 0.417 e. The summed E-state index contributed by atoms with van der Waals surface area (Å²) >= 11 is 0. The summed E-state index contributed by atoms with van der Waals surface area (Å²) in [5.74, 6) is 0. The average molecular weight is 478 g/mol. The van der Waals surface area contributed by atoms with E-state index in [1.54, 1.807) is 6.07 Å². The topological polar surface area (TPSA) is 34.1 Å². The summed E-state index contributed by atoms with van der Waals surface area (Å²) in [7, 11) is -4.27. The van der Waals surface area contributed by atoms with Crippen LogP contribution in [-0.2, 0) is 16.9 Å². The molecule has 0 aliphatic heterocycles. The number of unbranched alkanes of at least 4 members (excludes halogenated alkanes) is 5.